The van der Waals surface area contributed by atoms with E-state index in [1.807, 2.05) is 13.8 Å². The third-order valence-electron chi connectivity index (χ3n) is 2.25. The summed E-state index contributed by atoms with van der Waals surface area (Å²) >= 11 is 0. The highest BCUT2D eigenvalue weighted by Crippen LogP contribution is 2.06. The Bertz CT molecular complexity index is 357. The fourth-order valence-corrected chi connectivity index (χ4v) is 1.34. The predicted molar refractivity (Wildman–Crippen MR) is 59.2 cm³/mol. The molecular formula is C11H16N2O3. The number of amides is 1. The quantitative estimate of drug-likeness (QED) is 0.846. The molecule has 1 rings (SSSR count). The van der Waals surface area contributed by atoms with Crippen LogP contribution in [0.1, 0.15) is 18.6 Å². The Morgan fingerprint density at radius 1 is 1.25 bits per heavy atom. The third kappa shape index (κ3) is 2.85. The molecular weight excluding hydrogens is 208 g/mol. The van der Waals surface area contributed by atoms with Crippen LogP contribution in [0.5, 0.6) is 0 Å². The summed E-state index contributed by atoms with van der Waals surface area (Å²) in [5.74, 6) is -0.181. The lowest BCUT2D eigenvalue weighted by molar-refractivity contribution is 0.0820. The van der Waals surface area contributed by atoms with Gasteiger partial charge in [0.05, 0.1) is 7.11 Å². The van der Waals surface area contributed by atoms with Gasteiger partial charge in [-0.3, -0.25) is 9.36 Å². The number of aromatic nitrogens is 1. The molecule has 1 heterocycles. The van der Waals surface area contributed by atoms with E-state index in [4.69, 9.17) is 0 Å². The van der Waals surface area contributed by atoms with E-state index in [1.54, 1.807) is 24.5 Å². The molecule has 0 bridgehead atoms. The van der Waals surface area contributed by atoms with Crippen molar-refractivity contribution in [2.24, 2.45) is 5.92 Å². The van der Waals surface area contributed by atoms with E-state index >= 15 is 0 Å². The maximum Gasteiger partial charge on any atom is 0.407 e. The first-order valence-corrected chi connectivity index (χ1v) is 5.08. The van der Waals surface area contributed by atoms with Gasteiger partial charge < -0.3 is 10.1 Å². The van der Waals surface area contributed by atoms with Gasteiger partial charge in [-0.2, -0.15) is 0 Å². The highest BCUT2D eigenvalue weighted by molar-refractivity contribution is 5.87. The standard InChI is InChI=1S/C11H16N2O3/c1-8(2)9(12-11(15)16-3)10(14)13-6-4-5-7-13/h4-9H,1-3H3,(H,12,15)/t9-/m0/s1. The van der Waals surface area contributed by atoms with Crippen LogP contribution in [-0.2, 0) is 4.74 Å². The lowest BCUT2D eigenvalue weighted by Gasteiger charge is -2.20. The zero-order valence-electron chi connectivity index (χ0n) is 9.64. The van der Waals surface area contributed by atoms with E-state index in [-0.39, 0.29) is 11.8 Å². The van der Waals surface area contributed by atoms with Crippen molar-refractivity contribution in [2.45, 2.75) is 19.9 Å². The molecule has 1 aromatic rings. The zero-order chi connectivity index (χ0) is 12.1. The van der Waals surface area contributed by atoms with Crippen LogP contribution in [0.3, 0.4) is 0 Å². The van der Waals surface area contributed by atoms with Gasteiger partial charge in [0.1, 0.15) is 6.04 Å². The highest BCUT2D eigenvalue weighted by atomic mass is 16.5. The summed E-state index contributed by atoms with van der Waals surface area (Å²) in [7, 11) is 1.27. The maximum absolute atomic E-state index is 12.0. The van der Waals surface area contributed by atoms with Crippen molar-refractivity contribution < 1.29 is 14.3 Å². The van der Waals surface area contributed by atoms with E-state index < -0.39 is 12.1 Å². The predicted octanol–water partition coefficient (Wildman–Crippen LogP) is 1.51. The lowest BCUT2D eigenvalue weighted by Crippen LogP contribution is -2.46. The second-order valence-electron chi connectivity index (χ2n) is 3.79. The Morgan fingerprint density at radius 2 is 1.81 bits per heavy atom. The Labute approximate surface area is 94.4 Å². The molecule has 1 N–H and O–H groups in total. The van der Waals surface area contributed by atoms with Crippen LogP contribution in [0.4, 0.5) is 4.79 Å². The maximum atomic E-state index is 12.0. The van der Waals surface area contributed by atoms with Crippen LogP contribution in [0.25, 0.3) is 0 Å². The summed E-state index contributed by atoms with van der Waals surface area (Å²) < 4.78 is 5.93. The minimum absolute atomic E-state index is 0.00556. The molecule has 16 heavy (non-hydrogen) atoms. The van der Waals surface area contributed by atoms with Crippen LogP contribution >= 0.6 is 0 Å². The second-order valence-corrected chi connectivity index (χ2v) is 3.79. The third-order valence-corrected chi connectivity index (χ3v) is 2.25. The van der Waals surface area contributed by atoms with Crippen molar-refractivity contribution in [3.63, 3.8) is 0 Å². The summed E-state index contributed by atoms with van der Waals surface area (Å²) in [6.07, 6.45) is 2.70. The lowest BCUT2D eigenvalue weighted by atomic mass is 10.0. The number of ether oxygens (including phenoxy) is 1. The average molecular weight is 224 g/mol. The second kappa shape index (κ2) is 5.34. The van der Waals surface area contributed by atoms with E-state index in [2.05, 4.69) is 10.1 Å². The van der Waals surface area contributed by atoms with E-state index in [9.17, 15) is 9.59 Å². The molecule has 0 aliphatic rings. The molecule has 5 nitrogen and oxygen atoms in total. The first-order chi connectivity index (χ1) is 7.56. The Hall–Kier alpha value is -1.78. The van der Waals surface area contributed by atoms with E-state index in [0.717, 1.165) is 0 Å². The molecule has 0 unspecified atom stereocenters. The molecule has 0 aromatic carbocycles. The molecule has 5 heteroatoms. The van der Waals surface area contributed by atoms with Gasteiger partial charge in [-0.15, -0.1) is 0 Å². The zero-order valence-corrected chi connectivity index (χ0v) is 9.64. The van der Waals surface area contributed by atoms with Crippen molar-refractivity contribution in [1.29, 1.82) is 0 Å². The topological polar surface area (TPSA) is 60.3 Å². The molecule has 1 atom stereocenters. The highest BCUT2D eigenvalue weighted by Gasteiger charge is 2.25. The molecule has 0 radical (unpaired) electrons. The molecule has 88 valence electrons. The van der Waals surface area contributed by atoms with Gasteiger partial charge >= 0.3 is 6.09 Å². The fourth-order valence-electron chi connectivity index (χ4n) is 1.34. The van der Waals surface area contributed by atoms with Crippen LogP contribution in [-0.4, -0.2) is 29.7 Å². The van der Waals surface area contributed by atoms with Gasteiger partial charge in [0.25, 0.3) is 5.91 Å². The van der Waals surface area contributed by atoms with Gasteiger partial charge in [0.2, 0.25) is 0 Å². The Morgan fingerprint density at radius 3 is 2.25 bits per heavy atom. The largest absolute Gasteiger partial charge is 0.453 e. The first kappa shape index (κ1) is 12.3. The van der Waals surface area contributed by atoms with Crippen molar-refractivity contribution in [3.05, 3.63) is 24.5 Å². The number of alkyl carbamates (subject to hydrolysis) is 1. The molecule has 0 spiro atoms. The SMILES string of the molecule is COC(=O)N[C@H](C(=O)n1cccc1)C(C)C. The average Bonchev–Trinajstić information content (AvgIpc) is 2.77. The van der Waals surface area contributed by atoms with Crippen molar-refractivity contribution >= 4 is 12.0 Å². The Kier molecular flexibility index (Phi) is 4.10. The number of nitrogens with zero attached hydrogens (tertiary/aromatic N) is 1. The summed E-state index contributed by atoms with van der Waals surface area (Å²) in [5, 5.41) is 2.52. The summed E-state index contributed by atoms with van der Waals surface area (Å²) in [5.41, 5.74) is 0. The molecule has 0 aliphatic carbocycles. The van der Waals surface area contributed by atoms with Gasteiger partial charge in [0.15, 0.2) is 0 Å². The van der Waals surface area contributed by atoms with Crippen molar-refractivity contribution in [1.82, 2.24) is 9.88 Å². The fraction of sp³-hybridized carbons (Fsp3) is 0.455. The minimum atomic E-state index is -0.598. The molecule has 0 saturated carbocycles. The number of carbonyl (C=O) groups excluding carboxylic acids is 2. The van der Waals surface area contributed by atoms with Crippen LogP contribution in [0, 0.1) is 5.92 Å². The van der Waals surface area contributed by atoms with Gasteiger partial charge in [0, 0.05) is 12.4 Å². The number of hydrogen-bond acceptors (Lipinski definition) is 3. The van der Waals surface area contributed by atoms with Crippen LogP contribution in [0.15, 0.2) is 24.5 Å². The van der Waals surface area contributed by atoms with Gasteiger partial charge in [-0.1, -0.05) is 13.8 Å². The number of nitrogens with one attached hydrogen (secondary N) is 1. The number of hydrogen-bond donors (Lipinski definition) is 1. The molecule has 0 aliphatic heterocycles. The molecule has 1 aromatic heterocycles. The van der Waals surface area contributed by atoms with Gasteiger partial charge in [-0.05, 0) is 18.1 Å². The summed E-state index contributed by atoms with van der Waals surface area (Å²) in [4.78, 5) is 23.1. The number of methoxy groups -OCH3 is 1. The molecule has 0 saturated heterocycles. The van der Waals surface area contributed by atoms with Crippen LogP contribution in [0.2, 0.25) is 0 Å². The normalized spacial score (nSPS) is 12.2. The number of rotatable bonds is 3. The van der Waals surface area contributed by atoms with Crippen LogP contribution < -0.4 is 5.32 Å². The Balaban J connectivity index is 2.78. The van der Waals surface area contributed by atoms with Crippen molar-refractivity contribution in [2.75, 3.05) is 7.11 Å². The smallest absolute Gasteiger partial charge is 0.407 e. The van der Waals surface area contributed by atoms with Gasteiger partial charge in [-0.25, -0.2) is 4.79 Å². The summed E-state index contributed by atoms with van der Waals surface area (Å²) in [6, 6.07) is 2.93. The first-order valence-electron chi connectivity index (χ1n) is 5.08. The monoisotopic (exact) mass is 224 g/mol. The molecule has 0 fully saturated rings. The minimum Gasteiger partial charge on any atom is -0.453 e. The van der Waals surface area contributed by atoms with E-state index in [1.165, 1.54) is 11.7 Å². The summed E-state index contributed by atoms with van der Waals surface area (Å²) in [6.45, 7) is 3.73. The van der Waals surface area contributed by atoms with E-state index in [0.29, 0.717) is 0 Å². The number of carbonyl (C=O) groups is 2. The molecule has 1 amide bonds. The van der Waals surface area contributed by atoms with Crippen molar-refractivity contribution in [3.8, 4) is 0 Å².